The zero-order valence-electron chi connectivity index (χ0n) is 16.9. The number of nitrogens with one attached hydrogen (secondary N) is 1. The van der Waals surface area contributed by atoms with E-state index in [0.29, 0.717) is 31.9 Å². The second-order valence-electron chi connectivity index (χ2n) is 7.81. The van der Waals surface area contributed by atoms with Crippen molar-refractivity contribution < 1.29 is 31.1 Å². The molecule has 1 atom stereocenters. The predicted octanol–water partition coefficient (Wildman–Crippen LogP) is 5.00. The van der Waals surface area contributed by atoms with E-state index in [0.717, 1.165) is 45.3 Å². The Morgan fingerprint density at radius 1 is 0.968 bits per heavy atom. The number of alkyl halides is 6. The van der Waals surface area contributed by atoms with Crippen LogP contribution >= 0.6 is 12.2 Å². The van der Waals surface area contributed by atoms with Crippen LogP contribution in [0.1, 0.15) is 36.8 Å². The van der Waals surface area contributed by atoms with Gasteiger partial charge in [-0.2, -0.15) is 26.3 Å². The van der Waals surface area contributed by atoms with E-state index in [1.54, 1.807) is 0 Å². The zero-order valence-corrected chi connectivity index (χ0v) is 17.7. The molecule has 3 rings (SSSR count). The maximum atomic E-state index is 13.1. The summed E-state index contributed by atoms with van der Waals surface area (Å²) in [6.07, 6.45) is -6.22. The molecular weight excluding hydrogens is 444 g/mol. The van der Waals surface area contributed by atoms with E-state index in [2.05, 4.69) is 10.2 Å². The maximum absolute atomic E-state index is 13.1. The first-order valence-electron chi connectivity index (χ1n) is 10.2. The molecule has 2 saturated heterocycles. The van der Waals surface area contributed by atoms with Crippen LogP contribution in [0, 0.1) is 0 Å². The number of likely N-dealkylation sites (tertiary alicyclic amines) is 1. The van der Waals surface area contributed by atoms with Gasteiger partial charge in [-0.1, -0.05) is 0 Å². The third kappa shape index (κ3) is 6.69. The fraction of sp³-hybridized carbons (Fsp3) is 0.650. The third-order valence-corrected chi connectivity index (χ3v) is 5.95. The lowest BCUT2D eigenvalue weighted by Crippen LogP contribution is -2.47. The average molecular weight is 469 g/mol. The van der Waals surface area contributed by atoms with E-state index in [4.69, 9.17) is 17.0 Å². The molecule has 174 valence electrons. The van der Waals surface area contributed by atoms with Gasteiger partial charge in [0.25, 0.3) is 0 Å². The van der Waals surface area contributed by atoms with Crippen LogP contribution in [0.2, 0.25) is 0 Å². The van der Waals surface area contributed by atoms with Crippen LogP contribution in [-0.2, 0) is 17.1 Å². The average Bonchev–Trinajstić information content (AvgIpc) is 2.71. The molecule has 0 radical (unpaired) electrons. The Bertz CT molecular complexity index is 732. The lowest BCUT2D eigenvalue weighted by Gasteiger charge is -2.39. The number of nitrogens with zero attached hydrogens (tertiary/aromatic N) is 2. The Hall–Kier alpha value is -1.59. The molecular formula is C20H25F6N3OS. The molecule has 1 aromatic carbocycles. The molecule has 31 heavy (non-hydrogen) atoms. The van der Waals surface area contributed by atoms with Crippen molar-refractivity contribution in [2.75, 3.05) is 44.7 Å². The molecule has 11 heteroatoms. The van der Waals surface area contributed by atoms with E-state index >= 15 is 0 Å². The van der Waals surface area contributed by atoms with Crippen LogP contribution in [0.25, 0.3) is 0 Å². The lowest BCUT2D eigenvalue weighted by atomic mass is 9.99. The van der Waals surface area contributed by atoms with Crippen molar-refractivity contribution in [2.24, 2.45) is 0 Å². The summed E-state index contributed by atoms with van der Waals surface area (Å²) < 4.78 is 84.0. The number of benzene rings is 1. The van der Waals surface area contributed by atoms with Gasteiger partial charge in [0.15, 0.2) is 5.11 Å². The summed E-state index contributed by atoms with van der Waals surface area (Å²) in [7, 11) is 0. The summed E-state index contributed by atoms with van der Waals surface area (Å²) in [5, 5.41) is 2.78. The molecule has 2 aliphatic rings. The molecule has 0 amide bonds. The molecule has 4 nitrogen and oxygen atoms in total. The number of thiocarbonyl (C=S) groups is 1. The Balaban J connectivity index is 1.72. The number of halogens is 6. The molecule has 0 aliphatic carbocycles. The predicted molar refractivity (Wildman–Crippen MR) is 109 cm³/mol. The van der Waals surface area contributed by atoms with Crippen LogP contribution < -0.4 is 5.32 Å². The molecule has 2 fully saturated rings. The van der Waals surface area contributed by atoms with Crippen molar-refractivity contribution in [3.63, 3.8) is 0 Å². The fourth-order valence-electron chi connectivity index (χ4n) is 3.95. The van der Waals surface area contributed by atoms with Gasteiger partial charge in [-0.25, -0.2) is 0 Å². The smallest absolute Gasteiger partial charge is 0.379 e. The van der Waals surface area contributed by atoms with Crippen molar-refractivity contribution in [2.45, 2.75) is 44.1 Å². The highest BCUT2D eigenvalue weighted by Crippen LogP contribution is 2.37. The molecule has 1 N–H and O–H groups in total. The lowest BCUT2D eigenvalue weighted by molar-refractivity contribution is -0.143. The normalized spacial score (nSPS) is 21.2. The minimum absolute atomic E-state index is 0.0875. The SMILES string of the molecule is FC(F)(F)c1cc(NC(=S)N2CCCC[C@@H]2CCN2CCOCC2)cc(C(F)(F)F)c1. The Kier molecular flexibility index (Phi) is 7.69. The quantitative estimate of drug-likeness (QED) is 0.495. The summed E-state index contributed by atoms with van der Waals surface area (Å²) in [6, 6.07) is 1.52. The first-order chi connectivity index (χ1) is 14.5. The van der Waals surface area contributed by atoms with Crippen LogP contribution in [0.5, 0.6) is 0 Å². The second-order valence-corrected chi connectivity index (χ2v) is 8.20. The first kappa shape index (κ1) is 24.1. The number of anilines is 1. The van der Waals surface area contributed by atoms with Crippen LogP contribution in [0.3, 0.4) is 0 Å². The fourth-order valence-corrected chi connectivity index (χ4v) is 4.31. The molecule has 2 aliphatic heterocycles. The van der Waals surface area contributed by atoms with Gasteiger partial charge in [0.1, 0.15) is 0 Å². The highest BCUT2D eigenvalue weighted by Gasteiger charge is 2.37. The van der Waals surface area contributed by atoms with Gasteiger partial charge in [0.2, 0.25) is 0 Å². The number of rotatable bonds is 4. The highest BCUT2D eigenvalue weighted by molar-refractivity contribution is 7.80. The summed E-state index contributed by atoms with van der Waals surface area (Å²) >= 11 is 5.40. The van der Waals surface area contributed by atoms with Gasteiger partial charge in [0.05, 0.1) is 24.3 Å². The monoisotopic (exact) mass is 469 g/mol. The van der Waals surface area contributed by atoms with Crippen LogP contribution in [0.4, 0.5) is 32.0 Å². The number of hydrogen-bond acceptors (Lipinski definition) is 3. The molecule has 0 unspecified atom stereocenters. The number of ether oxygens (including phenoxy) is 1. The Labute approximate surface area is 182 Å². The molecule has 0 bridgehead atoms. The van der Waals surface area contributed by atoms with Crippen LogP contribution in [-0.4, -0.2) is 60.3 Å². The topological polar surface area (TPSA) is 27.7 Å². The molecule has 0 saturated carbocycles. The summed E-state index contributed by atoms with van der Waals surface area (Å²) in [4.78, 5) is 4.18. The van der Waals surface area contributed by atoms with Gasteiger partial charge >= 0.3 is 12.4 Å². The van der Waals surface area contributed by atoms with E-state index in [-0.39, 0.29) is 22.9 Å². The Morgan fingerprint density at radius 3 is 2.16 bits per heavy atom. The second kappa shape index (κ2) is 9.91. The van der Waals surface area contributed by atoms with Gasteiger partial charge in [-0.05, 0) is 56.1 Å². The van der Waals surface area contributed by atoms with Gasteiger partial charge in [0, 0.05) is 37.9 Å². The molecule has 0 spiro atoms. The van der Waals surface area contributed by atoms with Crippen LogP contribution in [0.15, 0.2) is 18.2 Å². The first-order valence-corrected chi connectivity index (χ1v) is 10.6. The van der Waals surface area contributed by atoms with Gasteiger partial charge < -0.3 is 15.0 Å². The largest absolute Gasteiger partial charge is 0.416 e. The minimum Gasteiger partial charge on any atom is -0.379 e. The molecule has 0 aromatic heterocycles. The van der Waals surface area contributed by atoms with Gasteiger partial charge in [-0.3, -0.25) is 4.90 Å². The molecule has 1 aromatic rings. The van der Waals surface area contributed by atoms with Crippen molar-refractivity contribution in [3.05, 3.63) is 29.3 Å². The van der Waals surface area contributed by atoms with Crippen molar-refractivity contribution in [1.82, 2.24) is 9.80 Å². The standard InChI is InChI=1S/C20H25F6N3OS/c21-19(22,23)14-11-15(20(24,25)26)13-16(12-14)27-18(31)29-5-2-1-3-17(29)4-6-28-7-9-30-10-8-28/h11-13,17H,1-10H2,(H,27,31)/t17-/m1/s1. The summed E-state index contributed by atoms with van der Waals surface area (Å²) in [5.41, 5.74) is -3.05. The van der Waals surface area contributed by atoms with Crippen molar-refractivity contribution in [3.8, 4) is 0 Å². The van der Waals surface area contributed by atoms with E-state index < -0.39 is 23.5 Å². The summed E-state index contributed by atoms with van der Waals surface area (Å²) in [5.74, 6) is 0. The van der Waals surface area contributed by atoms with Gasteiger partial charge in [-0.15, -0.1) is 0 Å². The van der Waals surface area contributed by atoms with E-state index in [1.807, 2.05) is 4.90 Å². The Morgan fingerprint density at radius 2 is 1.58 bits per heavy atom. The zero-order chi connectivity index (χ0) is 22.6. The maximum Gasteiger partial charge on any atom is 0.416 e. The number of morpholine rings is 1. The minimum atomic E-state index is -4.90. The number of piperidine rings is 1. The molecule has 2 heterocycles. The summed E-state index contributed by atoms with van der Waals surface area (Å²) in [6.45, 7) is 4.52. The van der Waals surface area contributed by atoms with E-state index in [1.165, 1.54) is 0 Å². The van der Waals surface area contributed by atoms with Crippen molar-refractivity contribution >= 4 is 23.0 Å². The van der Waals surface area contributed by atoms with E-state index in [9.17, 15) is 26.3 Å². The third-order valence-electron chi connectivity index (χ3n) is 5.61. The van der Waals surface area contributed by atoms with Crippen molar-refractivity contribution in [1.29, 1.82) is 0 Å². The highest BCUT2D eigenvalue weighted by atomic mass is 32.1. The number of hydrogen-bond donors (Lipinski definition) is 1.